The van der Waals surface area contributed by atoms with Gasteiger partial charge in [0, 0.05) is 19.1 Å². The third kappa shape index (κ3) is 3.60. The van der Waals surface area contributed by atoms with Crippen molar-refractivity contribution < 1.29 is 13.2 Å². The fourth-order valence-electron chi connectivity index (χ4n) is 4.25. The minimum Gasteiger partial charge on any atom is -0.342 e. The van der Waals surface area contributed by atoms with Crippen LogP contribution in [0.15, 0.2) is 24.3 Å². The van der Waals surface area contributed by atoms with Gasteiger partial charge in [0.25, 0.3) is 0 Å². The Hall–Kier alpha value is -1.40. The van der Waals surface area contributed by atoms with Gasteiger partial charge in [-0.3, -0.25) is 4.79 Å². The Morgan fingerprint density at radius 1 is 1.24 bits per heavy atom. The molecule has 0 atom stereocenters. The number of amides is 1. The van der Waals surface area contributed by atoms with Crippen molar-refractivity contribution >= 4 is 15.9 Å². The number of benzene rings is 1. The Labute approximate surface area is 149 Å². The molecule has 25 heavy (non-hydrogen) atoms. The number of sulfonamides is 1. The second-order valence-corrected chi connectivity index (χ2v) is 10.2. The van der Waals surface area contributed by atoms with Crippen LogP contribution in [0.5, 0.6) is 0 Å². The molecule has 4 rings (SSSR count). The number of nitrogens with zero attached hydrogens (tertiary/aromatic N) is 1. The average molecular weight is 362 g/mol. The van der Waals surface area contributed by atoms with E-state index in [-0.39, 0.29) is 22.6 Å². The Kier molecular flexibility index (Phi) is 4.15. The minimum absolute atomic E-state index is 0.0674. The lowest BCUT2D eigenvalue weighted by Gasteiger charge is -2.45. The zero-order valence-electron chi connectivity index (χ0n) is 14.7. The highest BCUT2D eigenvalue weighted by Gasteiger charge is 2.51. The molecule has 1 N–H and O–H groups in total. The van der Waals surface area contributed by atoms with E-state index in [1.165, 1.54) is 5.56 Å². The molecule has 1 aromatic rings. The van der Waals surface area contributed by atoms with Gasteiger partial charge in [-0.25, -0.2) is 13.1 Å². The van der Waals surface area contributed by atoms with E-state index in [0.29, 0.717) is 6.42 Å². The first-order valence-electron chi connectivity index (χ1n) is 9.20. The predicted octanol–water partition coefficient (Wildman–Crippen LogP) is 2.00. The first kappa shape index (κ1) is 17.0. The molecule has 0 aromatic heterocycles. The minimum atomic E-state index is -3.10. The summed E-state index contributed by atoms with van der Waals surface area (Å²) in [5, 5.41) is -0.153. The maximum atomic E-state index is 12.5. The molecule has 6 heteroatoms. The second-order valence-electron chi connectivity index (χ2n) is 8.20. The van der Waals surface area contributed by atoms with Gasteiger partial charge in [-0.15, -0.1) is 0 Å². The molecular weight excluding hydrogens is 336 g/mol. The van der Waals surface area contributed by atoms with Gasteiger partial charge < -0.3 is 4.90 Å². The fraction of sp³-hybridized carbons (Fsp3) is 0.632. The maximum Gasteiger partial charge on any atom is 0.227 e. The standard InChI is InChI=1S/C19H26N2O3S/c1-14-2-4-15(5-3-14)10-18(22)21-9-8-19(13-21)11-16(12-19)20-25(23,24)17-6-7-17/h2-5,16-17,20H,6-13H2,1H3. The van der Waals surface area contributed by atoms with Gasteiger partial charge in [0.15, 0.2) is 0 Å². The Bertz CT molecular complexity index is 762. The van der Waals surface area contributed by atoms with E-state index in [0.717, 1.165) is 50.8 Å². The first-order valence-corrected chi connectivity index (χ1v) is 10.7. The van der Waals surface area contributed by atoms with Crippen LogP contribution in [0.2, 0.25) is 0 Å². The van der Waals surface area contributed by atoms with E-state index in [1.807, 2.05) is 36.1 Å². The molecular formula is C19H26N2O3S. The highest BCUT2D eigenvalue weighted by molar-refractivity contribution is 7.90. The lowest BCUT2D eigenvalue weighted by Crippen LogP contribution is -2.52. The zero-order valence-corrected chi connectivity index (χ0v) is 15.5. The number of carbonyl (C=O) groups excluding carboxylic acids is 1. The van der Waals surface area contributed by atoms with Gasteiger partial charge in [0.05, 0.1) is 11.7 Å². The Balaban J connectivity index is 1.28. The molecule has 3 fully saturated rings. The summed E-state index contributed by atoms with van der Waals surface area (Å²) in [6.07, 6.45) is 4.78. The van der Waals surface area contributed by atoms with E-state index in [9.17, 15) is 13.2 Å². The number of carbonyl (C=O) groups is 1. The van der Waals surface area contributed by atoms with Gasteiger partial charge in [-0.05, 0) is 50.0 Å². The summed E-state index contributed by atoms with van der Waals surface area (Å²) >= 11 is 0. The highest BCUT2D eigenvalue weighted by atomic mass is 32.2. The number of likely N-dealkylation sites (tertiary alicyclic amines) is 1. The molecule has 1 saturated heterocycles. The third-order valence-electron chi connectivity index (χ3n) is 5.92. The summed E-state index contributed by atoms with van der Waals surface area (Å²) in [6.45, 7) is 3.62. The van der Waals surface area contributed by atoms with Crippen LogP contribution in [0, 0.1) is 12.3 Å². The summed E-state index contributed by atoms with van der Waals surface area (Å²) < 4.78 is 26.9. The van der Waals surface area contributed by atoms with Gasteiger partial charge in [0.1, 0.15) is 0 Å². The monoisotopic (exact) mass is 362 g/mol. The van der Waals surface area contributed by atoms with E-state index in [1.54, 1.807) is 0 Å². The number of rotatable bonds is 5. The zero-order chi connectivity index (χ0) is 17.7. The molecule has 0 unspecified atom stereocenters. The maximum absolute atomic E-state index is 12.5. The average Bonchev–Trinajstić information content (AvgIpc) is 3.30. The van der Waals surface area contributed by atoms with Gasteiger partial charge in [0.2, 0.25) is 15.9 Å². The normalized spacial score (nSPS) is 29.0. The molecule has 1 spiro atoms. The molecule has 3 aliphatic rings. The molecule has 1 aliphatic heterocycles. The van der Waals surface area contributed by atoms with Crippen molar-refractivity contribution in [3.05, 3.63) is 35.4 Å². The summed E-state index contributed by atoms with van der Waals surface area (Å²) in [5.74, 6) is 0.183. The van der Waals surface area contributed by atoms with Crippen LogP contribution >= 0.6 is 0 Å². The van der Waals surface area contributed by atoms with Gasteiger partial charge >= 0.3 is 0 Å². The van der Waals surface area contributed by atoms with Gasteiger partial charge in [-0.1, -0.05) is 29.8 Å². The lowest BCUT2D eigenvalue weighted by atomic mass is 9.65. The highest BCUT2D eigenvalue weighted by Crippen LogP contribution is 2.48. The number of hydrogen-bond donors (Lipinski definition) is 1. The third-order valence-corrected chi connectivity index (χ3v) is 7.93. The predicted molar refractivity (Wildman–Crippen MR) is 96.6 cm³/mol. The van der Waals surface area contributed by atoms with Crippen molar-refractivity contribution in [2.75, 3.05) is 13.1 Å². The van der Waals surface area contributed by atoms with Crippen molar-refractivity contribution in [2.45, 2.75) is 56.7 Å². The molecule has 2 aliphatic carbocycles. The van der Waals surface area contributed by atoms with Crippen molar-refractivity contribution in [3.63, 3.8) is 0 Å². The molecule has 0 radical (unpaired) electrons. The largest absolute Gasteiger partial charge is 0.342 e. The van der Waals surface area contributed by atoms with Crippen LogP contribution in [-0.2, 0) is 21.2 Å². The van der Waals surface area contributed by atoms with Crippen molar-refractivity contribution in [1.82, 2.24) is 9.62 Å². The SMILES string of the molecule is Cc1ccc(CC(=O)N2CCC3(CC(NS(=O)(=O)C4CC4)C3)C2)cc1. The van der Waals surface area contributed by atoms with Crippen LogP contribution < -0.4 is 4.72 Å². The van der Waals surface area contributed by atoms with Gasteiger partial charge in [-0.2, -0.15) is 0 Å². The van der Waals surface area contributed by atoms with E-state index in [4.69, 9.17) is 0 Å². The summed E-state index contributed by atoms with van der Waals surface area (Å²) in [7, 11) is -3.10. The second kappa shape index (κ2) is 6.09. The van der Waals surface area contributed by atoms with Crippen LogP contribution in [0.25, 0.3) is 0 Å². The van der Waals surface area contributed by atoms with Crippen LogP contribution in [0.1, 0.15) is 43.2 Å². The molecule has 1 heterocycles. The molecule has 2 saturated carbocycles. The molecule has 5 nitrogen and oxygen atoms in total. The van der Waals surface area contributed by atoms with E-state index in [2.05, 4.69) is 4.72 Å². The number of nitrogens with one attached hydrogen (secondary N) is 1. The summed E-state index contributed by atoms with van der Waals surface area (Å²) in [4.78, 5) is 14.5. The lowest BCUT2D eigenvalue weighted by molar-refractivity contribution is -0.130. The molecule has 1 amide bonds. The first-order chi connectivity index (χ1) is 11.9. The van der Waals surface area contributed by atoms with Crippen molar-refractivity contribution in [3.8, 4) is 0 Å². The van der Waals surface area contributed by atoms with Crippen molar-refractivity contribution in [1.29, 1.82) is 0 Å². The Morgan fingerprint density at radius 2 is 1.92 bits per heavy atom. The van der Waals surface area contributed by atoms with Crippen molar-refractivity contribution in [2.24, 2.45) is 5.41 Å². The Morgan fingerprint density at radius 3 is 2.56 bits per heavy atom. The summed E-state index contributed by atoms with van der Waals surface area (Å²) in [5.41, 5.74) is 2.39. The molecule has 0 bridgehead atoms. The van der Waals surface area contributed by atoms with Crippen LogP contribution in [0.4, 0.5) is 0 Å². The van der Waals surface area contributed by atoms with E-state index < -0.39 is 10.0 Å². The topological polar surface area (TPSA) is 66.5 Å². The number of hydrogen-bond acceptors (Lipinski definition) is 3. The fourth-order valence-corrected chi connectivity index (χ4v) is 5.83. The summed E-state index contributed by atoms with van der Waals surface area (Å²) in [6, 6.07) is 8.18. The molecule has 1 aromatic carbocycles. The number of aryl methyl sites for hydroxylation is 1. The van der Waals surface area contributed by atoms with E-state index >= 15 is 0 Å². The molecule has 136 valence electrons. The smallest absolute Gasteiger partial charge is 0.227 e. The quantitative estimate of drug-likeness (QED) is 0.871. The van der Waals surface area contributed by atoms with Crippen LogP contribution in [-0.4, -0.2) is 43.6 Å². The van der Waals surface area contributed by atoms with Crippen LogP contribution in [0.3, 0.4) is 0 Å².